The molecule has 0 bridgehead atoms. The molecule has 9 nitrogen and oxygen atoms in total. The Labute approximate surface area is 158 Å². The summed E-state index contributed by atoms with van der Waals surface area (Å²) in [6.45, 7) is 2.69. The number of hydrogen-bond donors (Lipinski definition) is 0. The summed E-state index contributed by atoms with van der Waals surface area (Å²) in [5.41, 5.74) is 2.74. The quantitative estimate of drug-likeness (QED) is 0.727. The first-order chi connectivity index (χ1) is 13.1. The van der Waals surface area contributed by atoms with Crippen molar-refractivity contribution < 1.29 is 17.9 Å². The van der Waals surface area contributed by atoms with Crippen LogP contribution in [0.4, 0.5) is 0 Å². The summed E-state index contributed by atoms with van der Waals surface area (Å²) in [5, 5.41) is 4.55. The highest BCUT2D eigenvalue weighted by Crippen LogP contribution is 2.26. The summed E-state index contributed by atoms with van der Waals surface area (Å²) in [5.74, 6) is 0.519. The molecule has 1 fully saturated rings. The Morgan fingerprint density at radius 1 is 1.19 bits per heavy atom. The van der Waals surface area contributed by atoms with Crippen molar-refractivity contribution in [1.82, 2.24) is 23.4 Å². The van der Waals surface area contributed by atoms with Gasteiger partial charge in [-0.2, -0.15) is 22.1 Å². The van der Waals surface area contributed by atoms with Crippen LogP contribution in [0.2, 0.25) is 0 Å². The van der Waals surface area contributed by atoms with E-state index in [4.69, 9.17) is 9.47 Å². The van der Waals surface area contributed by atoms with Gasteiger partial charge in [-0.25, -0.2) is 4.98 Å². The van der Waals surface area contributed by atoms with E-state index in [1.165, 1.54) is 8.61 Å². The molecule has 2 aliphatic heterocycles. The first-order valence-corrected chi connectivity index (χ1v) is 10.4. The molecule has 146 valence electrons. The lowest BCUT2D eigenvalue weighted by molar-refractivity contribution is 0.0698. The molecular weight excluding hydrogens is 370 g/mol. The second kappa shape index (κ2) is 7.55. The van der Waals surface area contributed by atoms with Crippen LogP contribution in [0.5, 0.6) is 5.88 Å². The fourth-order valence-corrected chi connectivity index (χ4v) is 5.02. The maximum atomic E-state index is 13.0. The number of aryl methyl sites for hydroxylation is 1. The lowest BCUT2D eigenvalue weighted by atomic mass is 10.1. The summed E-state index contributed by atoms with van der Waals surface area (Å²) >= 11 is 0. The van der Waals surface area contributed by atoms with Crippen molar-refractivity contribution in [3.05, 3.63) is 41.3 Å². The molecule has 10 heteroatoms. The number of hydrogen-bond acceptors (Lipinski definition) is 6. The van der Waals surface area contributed by atoms with Crippen LogP contribution in [0.25, 0.3) is 0 Å². The summed E-state index contributed by atoms with van der Waals surface area (Å²) in [6, 6.07) is 5.46. The molecule has 2 aromatic rings. The van der Waals surface area contributed by atoms with Gasteiger partial charge in [0.1, 0.15) is 12.3 Å². The minimum atomic E-state index is -3.51. The number of morpholine rings is 1. The molecule has 2 aliphatic rings. The predicted molar refractivity (Wildman–Crippen MR) is 97.2 cm³/mol. The number of pyridine rings is 1. The molecular formula is C17H23N5O4S. The van der Waals surface area contributed by atoms with E-state index in [-0.39, 0.29) is 6.61 Å². The van der Waals surface area contributed by atoms with Crippen LogP contribution in [0.3, 0.4) is 0 Å². The normalized spacial score (nSPS) is 19.0. The second-order valence-electron chi connectivity index (χ2n) is 6.55. The number of fused-ring (bicyclic) bond motifs is 1. The van der Waals surface area contributed by atoms with Crippen molar-refractivity contribution in [2.75, 3.05) is 32.8 Å². The smallest absolute Gasteiger partial charge is 0.282 e. The van der Waals surface area contributed by atoms with Crippen molar-refractivity contribution in [2.24, 2.45) is 7.05 Å². The first-order valence-electron chi connectivity index (χ1n) is 8.96. The maximum Gasteiger partial charge on any atom is 0.282 e. The SMILES string of the molecule is Cn1nc(COc2ccccn2)c2c1CCN(S(=O)(=O)N1CCOCC1)C2. The number of nitrogens with zero attached hydrogens (tertiary/aromatic N) is 5. The molecule has 0 amide bonds. The third kappa shape index (κ3) is 3.70. The van der Waals surface area contributed by atoms with E-state index in [9.17, 15) is 8.42 Å². The Bertz CT molecular complexity index is 894. The van der Waals surface area contributed by atoms with Gasteiger partial charge < -0.3 is 9.47 Å². The zero-order valence-electron chi connectivity index (χ0n) is 15.2. The van der Waals surface area contributed by atoms with Gasteiger partial charge in [0.2, 0.25) is 5.88 Å². The molecule has 4 rings (SSSR count). The van der Waals surface area contributed by atoms with E-state index >= 15 is 0 Å². The molecule has 0 atom stereocenters. The third-order valence-corrected chi connectivity index (χ3v) is 6.89. The van der Waals surface area contributed by atoms with Gasteiger partial charge in [-0.1, -0.05) is 6.07 Å². The summed E-state index contributed by atoms with van der Waals surface area (Å²) in [6.07, 6.45) is 2.30. The highest BCUT2D eigenvalue weighted by Gasteiger charge is 2.35. The molecule has 0 saturated carbocycles. The summed E-state index contributed by atoms with van der Waals surface area (Å²) < 4.78 is 41.8. The van der Waals surface area contributed by atoms with E-state index < -0.39 is 10.2 Å². The molecule has 0 aliphatic carbocycles. The molecule has 27 heavy (non-hydrogen) atoms. The standard InChI is InChI=1S/C17H23N5O4S/c1-20-16-5-7-22(27(23,24)21-8-10-25-11-9-21)12-14(16)15(19-20)13-26-17-4-2-3-6-18-17/h2-4,6H,5,7-13H2,1H3. The fraction of sp³-hybridized carbons (Fsp3) is 0.529. The molecule has 0 radical (unpaired) electrons. The molecule has 1 saturated heterocycles. The van der Waals surface area contributed by atoms with Crippen LogP contribution in [-0.4, -0.2) is 64.6 Å². The molecule has 2 aromatic heterocycles. The van der Waals surface area contributed by atoms with Crippen LogP contribution in [0.15, 0.2) is 24.4 Å². The molecule has 0 aromatic carbocycles. The van der Waals surface area contributed by atoms with E-state index in [1.807, 2.05) is 23.9 Å². The lowest BCUT2D eigenvalue weighted by Gasteiger charge is -2.34. The van der Waals surface area contributed by atoms with Crippen LogP contribution in [0, 0.1) is 0 Å². The van der Waals surface area contributed by atoms with Gasteiger partial charge in [0, 0.05) is 63.2 Å². The Kier molecular flexibility index (Phi) is 5.13. The molecule has 4 heterocycles. The largest absolute Gasteiger partial charge is 0.471 e. The van der Waals surface area contributed by atoms with Crippen LogP contribution < -0.4 is 4.74 Å². The molecule has 0 unspecified atom stereocenters. The van der Waals surface area contributed by atoms with Gasteiger partial charge >= 0.3 is 0 Å². The van der Waals surface area contributed by atoms with Gasteiger partial charge in [0.25, 0.3) is 10.2 Å². The van der Waals surface area contributed by atoms with Gasteiger partial charge in [-0.05, 0) is 6.07 Å². The lowest BCUT2D eigenvalue weighted by Crippen LogP contribution is -2.49. The van der Waals surface area contributed by atoms with Crippen molar-refractivity contribution in [1.29, 1.82) is 0 Å². The average Bonchev–Trinajstić information content (AvgIpc) is 3.03. The van der Waals surface area contributed by atoms with Gasteiger partial charge in [0.05, 0.1) is 13.2 Å². The average molecular weight is 393 g/mol. The van der Waals surface area contributed by atoms with Gasteiger partial charge in [-0.15, -0.1) is 0 Å². The zero-order valence-corrected chi connectivity index (χ0v) is 16.1. The molecule has 0 N–H and O–H groups in total. The topological polar surface area (TPSA) is 89.8 Å². The Hall–Kier alpha value is -2.01. The zero-order chi connectivity index (χ0) is 18.9. The predicted octanol–water partition coefficient (Wildman–Crippen LogP) is 0.329. The Balaban J connectivity index is 1.53. The highest BCUT2D eigenvalue weighted by atomic mass is 32.2. The van der Waals surface area contributed by atoms with Crippen LogP contribution >= 0.6 is 0 Å². The van der Waals surface area contributed by atoms with E-state index in [0.717, 1.165) is 17.0 Å². The Morgan fingerprint density at radius 3 is 2.74 bits per heavy atom. The van der Waals surface area contributed by atoms with Crippen LogP contribution in [-0.2, 0) is 41.6 Å². The minimum absolute atomic E-state index is 0.256. The van der Waals surface area contributed by atoms with Crippen molar-refractivity contribution in [3.8, 4) is 5.88 Å². The molecule has 0 spiro atoms. The number of ether oxygens (including phenoxy) is 2. The van der Waals surface area contributed by atoms with Gasteiger partial charge in [-0.3, -0.25) is 4.68 Å². The van der Waals surface area contributed by atoms with Gasteiger partial charge in [0.15, 0.2) is 0 Å². The maximum absolute atomic E-state index is 13.0. The van der Waals surface area contributed by atoms with Crippen molar-refractivity contribution in [2.45, 2.75) is 19.6 Å². The number of aromatic nitrogens is 3. The second-order valence-corrected chi connectivity index (χ2v) is 8.48. The third-order valence-electron chi connectivity index (χ3n) is 4.91. The van der Waals surface area contributed by atoms with E-state index in [2.05, 4.69) is 10.1 Å². The van der Waals surface area contributed by atoms with Crippen LogP contribution in [0.1, 0.15) is 17.0 Å². The van der Waals surface area contributed by atoms with Crippen molar-refractivity contribution >= 4 is 10.2 Å². The van der Waals surface area contributed by atoms with Crippen molar-refractivity contribution in [3.63, 3.8) is 0 Å². The minimum Gasteiger partial charge on any atom is -0.471 e. The van der Waals surface area contributed by atoms with E-state index in [0.29, 0.717) is 51.7 Å². The monoisotopic (exact) mass is 393 g/mol. The number of rotatable bonds is 5. The summed E-state index contributed by atoms with van der Waals surface area (Å²) in [7, 11) is -1.62. The summed E-state index contributed by atoms with van der Waals surface area (Å²) in [4.78, 5) is 4.15. The first kappa shape index (κ1) is 18.4. The Morgan fingerprint density at radius 2 is 2.00 bits per heavy atom. The fourth-order valence-electron chi connectivity index (χ4n) is 3.47. The highest BCUT2D eigenvalue weighted by molar-refractivity contribution is 7.86. The van der Waals surface area contributed by atoms with E-state index in [1.54, 1.807) is 12.3 Å².